The summed E-state index contributed by atoms with van der Waals surface area (Å²) >= 11 is 0. The van der Waals surface area contributed by atoms with Gasteiger partial charge in [0.1, 0.15) is 11.9 Å². The Morgan fingerprint density at radius 1 is 1.11 bits per heavy atom. The molecule has 2 heterocycles. The van der Waals surface area contributed by atoms with Gasteiger partial charge in [-0.3, -0.25) is 0 Å². The average molecular weight is 391 g/mol. The van der Waals surface area contributed by atoms with Gasteiger partial charge in [-0.1, -0.05) is 23.8 Å². The fraction of sp³-hybridized carbons (Fsp3) is 0.652. The number of rotatable bonds is 7. The normalized spacial score (nSPS) is 31.4. The van der Waals surface area contributed by atoms with Gasteiger partial charge in [-0.2, -0.15) is 0 Å². The highest BCUT2D eigenvalue weighted by Gasteiger charge is 2.51. The third kappa shape index (κ3) is 5.35. The van der Waals surface area contributed by atoms with Crippen LogP contribution in [0.1, 0.15) is 52.5 Å². The maximum absolute atomic E-state index is 6.29. The molecule has 0 saturated carbocycles. The molecule has 28 heavy (non-hydrogen) atoms. The van der Waals surface area contributed by atoms with E-state index in [0.717, 1.165) is 30.6 Å². The van der Waals surface area contributed by atoms with E-state index in [0.29, 0.717) is 19.8 Å². The first kappa shape index (κ1) is 21.3. The molecule has 5 nitrogen and oxygen atoms in total. The van der Waals surface area contributed by atoms with E-state index in [2.05, 4.69) is 19.9 Å². The van der Waals surface area contributed by atoms with E-state index in [1.54, 1.807) is 7.11 Å². The van der Waals surface area contributed by atoms with E-state index >= 15 is 0 Å². The first-order valence-electron chi connectivity index (χ1n) is 10.2. The zero-order chi connectivity index (χ0) is 20.2. The summed E-state index contributed by atoms with van der Waals surface area (Å²) in [4.78, 5) is 0. The molecule has 1 aromatic carbocycles. The number of fused-ring (bicyclic) bond motifs is 1. The molecular weight excluding hydrogens is 356 g/mol. The molecular formula is C23H34O5. The molecule has 2 aliphatic rings. The van der Waals surface area contributed by atoms with Crippen molar-refractivity contribution in [1.82, 2.24) is 0 Å². The molecule has 1 fully saturated rings. The van der Waals surface area contributed by atoms with E-state index in [9.17, 15) is 0 Å². The Bertz CT molecular complexity index is 666. The smallest absolute Gasteiger partial charge is 0.163 e. The van der Waals surface area contributed by atoms with Crippen molar-refractivity contribution < 1.29 is 23.7 Å². The largest absolute Gasteiger partial charge is 0.497 e. The van der Waals surface area contributed by atoms with E-state index in [-0.39, 0.29) is 17.8 Å². The predicted octanol–water partition coefficient (Wildman–Crippen LogP) is 4.64. The highest BCUT2D eigenvalue weighted by Crippen LogP contribution is 2.41. The number of benzene rings is 1. The van der Waals surface area contributed by atoms with Crippen molar-refractivity contribution in [3.8, 4) is 5.75 Å². The van der Waals surface area contributed by atoms with Gasteiger partial charge in [-0.25, -0.2) is 0 Å². The van der Waals surface area contributed by atoms with Crippen LogP contribution in [0.25, 0.3) is 0 Å². The Balaban J connectivity index is 1.52. The molecule has 1 saturated heterocycles. The van der Waals surface area contributed by atoms with Crippen molar-refractivity contribution in [3.63, 3.8) is 0 Å². The van der Waals surface area contributed by atoms with Crippen LogP contribution < -0.4 is 4.74 Å². The van der Waals surface area contributed by atoms with Gasteiger partial charge in [-0.05, 0) is 64.7 Å². The van der Waals surface area contributed by atoms with Crippen molar-refractivity contribution >= 4 is 0 Å². The highest BCUT2D eigenvalue weighted by atomic mass is 16.8. The third-order valence-corrected chi connectivity index (χ3v) is 5.54. The molecule has 0 N–H and O–H groups in total. The van der Waals surface area contributed by atoms with Crippen molar-refractivity contribution in [2.45, 2.75) is 77.2 Å². The summed E-state index contributed by atoms with van der Waals surface area (Å²) in [6, 6.07) is 7.97. The number of ether oxygens (including phenoxy) is 5. The van der Waals surface area contributed by atoms with Crippen molar-refractivity contribution in [2.24, 2.45) is 0 Å². The van der Waals surface area contributed by atoms with Crippen molar-refractivity contribution in [1.29, 1.82) is 0 Å². The molecule has 0 unspecified atom stereocenters. The fourth-order valence-corrected chi connectivity index (χ4v) is 4.01. The summed E-state index contributed by atoms with van der Waals surface area (Å²) in [6.07, 6.45) is 4.76. The van der Waals surface area contributed by atoms with Gasteiger partial charge in [-0.15, -0.1) is 0 Å². The molecule has 3 rings (SSSR count). The lowest BCUT2D eigenvalue weighted by atomic mass is 9.86. The minimum absolute atomic E-state index is 0.0248. The lowest BCUT2D eigenvalue weighted by Gasteiger charge is -2.38. The van der Waals surface area contributed by atoms with Gasteiger partial charge in [0.15, 0.2) is 5.79 Å². The van der Waals surface area contributed by atoms with Gasteiger partial charge in [0.05, 0.1) is 32.0 Å². The minimum Gasteiger partial charge on any atom is -0.497 e. The van der Waals surface area contributed by atoms with Crippen LogP contribution in [-0.4, -0.2) is 43.9 Å². The Morgan fingerprint density at radius 3 is 2.57 bits per heavy atom. The summed E-state index contributed by atoms with van der Waals surface area (Å²) in [5, 5.41) is 0. The van der Waals surface area contributed by atoms with E-state index in [4.69, 9.17) is 23.7 Å². The van der Waals surface area contributed by atoms with Crippen LogP contribution in [0, 0.1) is 0 Å². The molecule has 0 spiro atoms. The van der Waals surface area contributed by atoms with Gasteiger partial charge in [0.25, 0.3) is 0 Å². The Kier molecular flexibility index (Phi) is 6.81. The Morgan fingerprint density at radius 2 is 1.86 bits per heavy atom. The van der Waals surface area contributed by atoms with Crippen LogP contribution in [0.15, 0.2) is 35.9 Å². The average Bonchev–Trinajstić information content (AvgIpc) is 2.95. The molecule has 0 amide bonds. The molecule has 0 aliphatic carbocycles. The third-order valence-electron chi connectivity index (χ3n) is 5.54. The maximum atomic E-state index is 6.29. The van der Waals surface area contributed by atoms with E-state index < -0.39 is 5.79 Å². The summed E-state index contributed by atoms with van der Waals surface area (Å²) in [6.45, 7) is 10.1. The van der Waals surface area contributed by atoms with Crippen molar-refractivity contribution in [2.75, 3.05) is 20.3 Å². The van der Waals surface area contributed by atoms with Crippen LogP contribution in [-0.2, 0) is 25.6 Å². The first-order valence-corrected chi connectivity index (χ1v) is 10.2. The van der Waals surface area contributed by atoms with Gasteiger partial charge >= 0.3 is 0 Å². The second-order valence-corrected chi connectivity index (χ2v) is 8.48. The highest BCUT2D eigenvalue weighted by molar-refractivity contribution is 5.26. The Hall–Kier alpha value is -1.40. The Labute approximate surface area is 169 Å². The lowest BCUT2D eigenvalue weighted by Crippen LogP contribution is -2.49. The molecule has 0 radical (unpaired) electrons. The zero-order valence-corrected chi connectivity index (χ0v) is 17.8. The summed E-state index contributed by atoms with van der Waals surface area (Å²) in [5.74, 6) is 0.286. The minimum atomic E-state index is -0.574. The van der Waals surface area contributed by atoms with Crippen molar-refractivity contribution in [3.05, 3.63) is 41.5 Å². The van der Waals surface area contributed by atoms with E-state index in [1.807, 2.05) is 38.1 Å². The molecule has 1 aromatic rings. The summed E-state index contributed by atoms with van der Waals surface area (Å²) < 4.78 is 29.8. The number of hydrogen-bond acceptors (Lipinski definition) is 5. The summed E-state index contributed by atoms with van der Waals surface area (Å²) in [7, 11) is 1.67. The fourth-order valence-electron chi connectivity index (χ4n) is 4.01. The SMILES string of the molecule is COc1ccc(COCCC[C@@]2(C)OC/C=C(/C)C[C@H]3OC(C)(C)O[C@@H]32)cc1. The quantitative estimate of drug-likeness (QED) is 0.501. The standard InChI is InChI=1S/C23H34O5/c1-17-11-14-26-23(4,21-20(15-17)27-22(2,3)28-21)12-6-13-25-16-18-7-9-19(24-5)10-8-18/h7-11,20-21H,6,12-16H2,1-5H3/b17-11-/t20-,21+,23-/m1/s1. The molecule has 5 heteroatoms. The first-order chi connectivity index (χ1) is 13.3. The topological polar surface area (TPSA) is 46.2 Å². The number of hydrogen-bond donors (Lipinski definition) is 0. The van der Waals surface area contributed by atoms with Crippen LogP contribution >= 0.6 is 0 Å². The van der Waals surface area contributed by atoms with Gasteiger partial charge < -0.3 is 23.7 Å². The van der Waals surface area contributed by atoms with Gasteiger partial charge in [0.2, 0.25) is 0 Å². The predicted molar refractivity (Wildman–Crippen MR) is 108 cm³/mol. The lowest BCUT2D eigenvalue weighted by molar-refractivity contribution is -0.179. The van der Waals surface area contributed by atoms with Crippen LogP contribution in [0.3, 0.4) is 0 Å². The maximum Gasteiger partial charge on any atom is 0.163 e. The van der Waals surface area contributed by atoms with Crippen LogP contribution in [0.5, 0.6) is 5.75 Å². The molecule has 0 aromatic heterocycles. The molecule has 3 atom stereocenters. The second-order valence-electron chi connectivity index (χ2n) is 8.48. The summed E-state index contributed by atoms with van der Waals surface area (Å²) in [5.41, 5.74) is 2.05. The monoisotopic (exact) mass is 390 g/mol. The molecule has 2 aliphatic heterocycles. The van der Waals surface area contributed by atoms with Crippen LogP contribution in [0.2, 0.25) is 0 Å². The molecule has 156 valence electrons. The number of methoxy groups -OCH3 is 1. The second kappa shape index (κ2) is 8.95. The zero-order valence-electron chi connectivity index (χ0n) is 17.8. The molecule has 0 bridgehead atoms. The van der Waals surface area contributed by atoms with E-state index in [1.165, 1.54) is 5.57 Å². The van der Waals surface area contributed by atoms with Gasteiger partial charge in [0, 0.05) is 6.61 Å². The van der Waals surface area contributed by atoms with Crippen LogP contribution in [0.4, 0.5) is 0 Å².